The first kappa shape index (κ1) is 17.9. The Morgan fingerprint density at radius 2 is 1.76 bits per heavy atom. The van der Waals surface area contributed by atoms with E-state index >= 15 is 0 Å². The minimum absolute atomic E-state index is 0.0308. The zero-order valence-electron chi connectivity index (χ0n) is 14.3. The molecule has 2 amide bonds. The monoisotopic (exact) mass is 347 g/mol. The molecule has 2 bridgehead atoms. The summed E-state index contributed by atoms with van der Waals surface area (Å²) in [7, 11) is 0. The number of fused-ring (bicyclic) bond motifs is 2. The lowest BCUT2D eigenvalue weighted by Gasteiger charge is -2.45. The van der Waals surface area contributed by atoms with Crippen LogP contribution < -0.4 is 16.4 Å². The van der Waals surface area contributed by atoms with E-state index < -0.39 is 0 Å². The molecule has 2 unspecified atom stereocenters. The highest BCUT2D eigenvalue weighted by atomic mass is 19.1. The average Bonchev–Trinajstić information content (AvgIpc) is 2.56. The average molecular weight is 347 g/mol. The molecule has 6 heteroatoms. The summed E-state index contributed by atoms with van der Waals surface area (Å²) >= 11 is 0. The third-order valence-electron chi connectivity index (χ3n) is 5.45. The number of halogens is 1. The molecule has 3 rings (SSSR count). The van der Waals surface area contributed by atoms with E-state index in [0.717, 1.165) is 25.7 Å². The van der Waals surface area contributed by atoms with Crippen molar-refractivity contribution in [2.45, 2.75) is 50.6 Å². The Balaban J connectivity index is 1.44. The Labute approximate surface area is 147 Å². The summed E-state index contributed by atoms with van der Waals surface area (Å²) in [5, 5.41) is 5.87. The smallest absolute Gasteiger partial charge is 0.251 e. The molecule has 25 heavy (non-hydrogen) atoms. The van der Waals surface area contributed by atoms with Gasteiger partial charge < -0.3 is 16.4 Å². The Kier molecular flexibility index (Phi) is 5.68. The van der Waals surface area contributed by atoms with Crippen molar-refractivity contribution < 1.29 is 14.0 Å². The number of hydrogen-bond donors (Lipinski definition) is 3. The second kappa shape index (κ2) is 7.95. The quantitative estimate of drug-likeness (QED) is 0.761. The van der Waals surface area contributed by atoms with E-state index in [4.69, 9.17) is 5.73 Å². The molecule has 0 aliphatic heterocycles. The molecule has 4 N–H and O–H groups in total. The largest absolute Gasteiger partial charge is 0.353 e. The fourth-order valence-corrected chi connectivity index (χ4v) is 4.28. The van der Waals surface area contributed by atoms with E-state index in [0.29, 0.717) is 17.4 Å². The number of hydrogen-bond acceptors (Lipinski definition) is 3. The van der Waals surface area contributed by atoms with Crippen LogP contribution in [0.3, 0.4) is 0 Å². The predicted octanol–water partition coefficient (Wildman–Crippen LogP) is 1.97. The molecule has 0 saturated heterocycles. The van der Waals surface area contributed by atoms with E-state index in [1.807, 2.05) is 0 Å². The van der Waals surface area contributed by atoms with Crippen LogP contribution >= 0.6 is 0 Å². The van der Waals surface area contributed by atoms with Crippen molar-refractivity contribution in [3.8, 4) is 0 Å². The fourth-order valence-electron chi connectivity index (χ4n) is 4.28. The van der Waals surface area contributed by atoms with E-state index in [1.165, 1.54) is 30.7 Å². The highest BCUT2D eigenvalue weighted by Gasteiger charge is 2.39. The van der Waals surface area contributed by atoms with Crippen molar-refractivity contribution in [1.82, 2.24) is 10.6 Å². The fraction of sp³-hybridized carbons (Fsp3) is 0.579. The zero-order valence-corrected chi connectivity index (χ0v) is 14.3. The third kappa shape index (κ3) is 4.57. The highest BCUT2D eigenvalue weighted by Crippen LogP contribution is 2.39. The van der Waals surface area contributed by atoms with Gasteiger partial charge >= 0.3 is 0 Å². The van der Waals surface area contributed by atoms with Crippen LogP contribution in [-0.2, 0) is 4.79 Å². The van der Waals surface area contributed by atoms with Crippen LogP contribution in [0.25, 0.3) is 0 Å². The zero-order chi connectivity index (χ0) is 17.8. The highest BCUT2D eigenvalue weighted by molar-refractivity contribution is 5.94. The lowest BCUT2D eigenvalue weighted by atomic mass is 9.67. The van der Waals surface area contributed by atoms with Gasteiger partial charge in [0.1, 0.15) is 5.82 Å². The van der Waals surface area contributed by atoms with Gasteiger partial charge in [-0.25, -0.2) is 4.39 Å². The van der Waals surface area contributed by atoms with Crippen molar-refractivity contribution in [3.63, 3.8) is 0 Å². The van der Waals surface area contributed by atoms with Gasteiger partial charge in [0.25, 0.3) is 5.91 Å². The van der Waals surface area contributed by atoms with Gasteiger partial charge in [-0.05, 0) is 61.8 Å². The van der Waals surface area contributed by atoms with Crippen LogP contribution in [0.15, 0.2) is 24.3 Å². The van der Waals surface area contributed by atoms with Crippen molar-refractivity contribution in [3.05, 3.63) is 35.6 Å². The van der Waals surface area contributed by atoms with Gasteiger partial charge in [-0.15, -0.1) is 0 Å². The van der Waals surface area contributed by atoms with E-state index in [-0.39, 0.29) is 42.7 Å². The van der Waals surface area contributed by atoms with E-state index in [9.17, 15) is 14.0 Å². The summed E-state index contributed by atoms with van der Waals surface area (Å²) in [6.07, 6.45) is 5.72. The summed E-state index contributed by atoms with van der Waals surface area (Å²) in [4.78, 5) is 24.2. The van der Waals surface area contributed by atoms with Crippen molar-refractivity contribution in [1.29, 1.82) is 0 Å². The molecule has 1 aromatic rings. The number of rotatable bonds is 5. The molecule has 136 valence electrons. The summed E-state index contributed by atoms with van der Waals surface area (Å²) in [5.74, 6) is 0.263. The maximum atomic E-state index is 12.9. The molecular formula is C19H26FN3O2. The number of carbonyl (C=O) groups is 2. The summed E-state index contributed by atoms with van der Waals surface area (Å²) in [6.45, 7) is 0.267. The van der Waals surface area contributed by atoms with Crippen LogP contribution in [0.4, 0.5) is 4.39 Å². The molecule has 2 atom stereocenters. The third-order valence-corrected chi connectivity index (χ3v) is 5.45. The molecule has 0 heterocycles. The summed E-state index contributed by atoms with van der Waals surface area (Å²) in [5.41, 5.74) is 6.50. The van der Waals surface area contributed by atoms with Gasteiger partial charge in [-0.2, -0.15) is 0 Å². The topological polar surface area (TPSA) is 84.2 Å². The molecular weight excluding hydrogens is 321 g/mol. The molecule has 0 radical (unpaired) electrons. The standard InChI is InChI=1S/C19H26FN3O2/c20-15-6-4-12(5-7-15)19(25)22-9-8-17(24)23-18-13-2-1-3-14(18)11-16(21)10-13/h4-7,13-14,16,18H,1-3,8-11,21H2,(H,22,25)(H,23,24). The SMILES string of the molecule is NC1CC2CCCC(C1)C2NC(=O)CCNC(=O)c1ccc(F)cc1. The number of nitrogens with two attached hydrogens (primary N) is 1. The second-order valence-corrected chi connectivity index (χ2v) is 7.29. The first-order chi connectivity index (χ1) is 12.0. The lowest BCUT2D eigenvalue weighted by molar-refractivity contribution is -0.123. The van der Waals surface area contributed by atoms with E-state index in [1.54, 1.807) is 0 Å². The van der Waals surface area contributed by atoms with Crippen molar-refractivity contribution in [2.24, 2.45) is 17.6 Å². The normalized spacial score (nSPS) is 28.2. The lowest BCUT2D eigenvalue weighted by Crippen LogP contribution is -2.54. The molecule has 0 spiro atoms. The first-order valence-corrected chi connectivity index (χ1v) is 9.11. The molecule has 2 aliphatic rings. The van der Waals surface area contributed by atoms with Gasteiger partial charge in [0.05, 0.1) is 0 Å². The van der Waals surface area contributed by atoms with Gasteiger partial charge in [0.15, 0.2) is 0 Å². The maximum absolute atomic E-state index is 12.9. The van der Waals surface area contributed by atoms with Gasteiger partial charge in [0.2, 0.25) is 5.91 Å². The maximum Gasteiger partial charge on any atom is 0.251 e. The Bertz CT molecular complexity index is 606. The van der Waals surface area contributed by atoms with Gasteiger partial charge in [-0.3, -0.25) is 9.59 Å². The number of nitrogens with one attached hydrogen (secondary N) is 2. The van der Waals surface area contributed by atoms with Crippen LogP contribution in [0.5, 0.6) is 0 Å². The predicted molar refractivity (Wildman–Crippen MR) is 93.3 cm³/mol. The molecule has 2 aliphatic carbocycles. The Morgan fingerprint density at radius 1 is 1.12 bits per heavy atom. The summed E-state index contributed by atoms with van der Waals surface area (Å²) in [6, 6.07) is 5.84. The molecule has 2 saturated carbocycles. The Hall–Kier alpha value is -1.95. The van der Waals surface area contributed by atoms with Crippen LogP contribution in [-0.4, -0.2) is 30.4 Å². The second-order valence-electron chi connectivity index (χ2n) is 7.29. The van der Waals surface area contributed by atoms with Gasteiger partial charge in [-0.1, -0.05) is 6.42 Å². The van der Waals surface area contributed by atoms with Crippen LogP contribution in [0.1, 0.15) is 48.9 Å². The summed E-state index contributed by atoms with van der Waals surface area (Å²) < 4.78 is 12.9. The van der Waals surface area contributed by atoms with Crippen molar-refractivity contribution in [2.75, 3.05) is 6.54 Å². The molecule has 2 fully saturated rings. The molecule has 0 aromatic heterocycles. The number of carbonyl (C=O) groups excluding carboxylic acids is 2. The molecule has 5 nitrogen and oxygen atoms in total. The minimum Gasteiger partial charge on any atom is -0.353 e. The van der Waals surface area contributed by atoms with Gasteiger partial charge in [0, 0.05) is 30.6 Å². The Morgan fingerprint density at radius 3 is 2.40 bits per heavy atom. The van der Waals surface area contributed by atoms with Crippen LogP contribution in [0.2, 0.25) is 0 Å². The number of amides is 2. The first-order valence-electron chi connectivity index (χ1n) is 9.11. The van der Waals surface area contributed by atoms with Crippen molar-refractivity contribution >= 4 is 11.8 Å². The molecule has 1 aromatic carbocycles. The number of benzene rings is 1. The minimum atomic E-state index is -0.381. The van der Waals surface area contributed by atoms with E-state index in [2.05, 4.69) is 10.6 Å². The van der Waals surface area contributed by atoms with Crippen LogP contribution in [0, 0.1) is 17.7 Å².